The number of piperidine rings is 1. The zero-order chi connectivity index (χ0) is 20.5. The van der Waals surface area contributed by atoms with Crippen molar-refractivity contribution in [3.63, 3.8) is 0 Å². The molecule has 28 heavy (non-hydrogen) atoms. The molecule has 0 radical (unpaired) electrons. The van der Waals surface area contributed by atoms with Crippen LogP contribution in [0.15, 0.2) is 24.3 Å². The highest BCUT2D eigenvalue weighted by molar-refractivity contribution is 6.00. The Bertz CT molecular complexity index is 773. The van der Waals surface area contributed by atoms with Crippen LogP contribution in [0.25, 0.3) is 0 Å². The molecular weight excluding hydrogens is 375 g/mol. The van der Waals surface area contributed by atoms with Crippen LogP contribution in [0.5, 0.6) is 0 Å². The van der Waals surface area contributed by atoms with Gasteiger partial charge in [0.15, 0.2) is 0 Å². The molecule has 1 unspecified atom stereocenters. The lowest BCUT2D eigenvalue weighted by molar-refractivity contribution is -0.137. The third-order valence-electron chi connectivity index (χ3n) is 5.27. The minimum atomic E-state index is -4.50. The molecule has 152 valence electrons. The van der Waals surface area contributed by atoms with Gasteiger partial charge in [0.05, 0.1) is 11.5 Å². The van der Waals surface area contributed by atoms with Gasteiger partial charge in [-0.1, -0.05) is 6.07 Å². The number of alkyl halides is 3. The number of benzene rings is 1. The number of hydrogen-bond donors (Lipinski definition) is 1. The number of halogens is 3. The highest BCUT2D eigenvalue weighted by Crippen LogP contribution is 2.33. The van der Waals surface area contributed by atoms with Crippen LogP contribution in [-0.2, 0) is 20.6 Å². The van der Waals surface area contributed by atoms with E-state index in [-0.39, 0.29) is 42.4 Å². The Morgan fingerprint density at radius 3 is 2.46 bits per heavy atom. The third kappa shape index (κ3) is 4.45. The molecule has 2 fully saturated rings. The van der Waals surface area contributed by atoms with E-state index < -0.39 is 17.7 Å². The van der Waals surface area contributed by atoms with Crippen LogP contribution >= 0.6 is 0 Å². The van der Waals surface area contributed by atoms with Gasteiger partial charge in [-0.15, -0.1) is 0 Å². The molecular formula is C19H22F3N3O3. The highest BCUT2D eigenvalue weighted by Gasteiger charge is 2.37. The summed E-state index contributed by atoms with van der Waals surface area (Å²) in [6.07, 6.45) is -3.24. The Morgan fingerprint density at radius 2 is 1.86 bits per heavy atom. The summed E-state index contributed by atoms with van der Waals surface area (Å²) in [4.78, 5) is 39.1. The second-order valence-corrected chi connectivity index (χ2v) is 7.24. The van der Waals surface area contributed by atoms with Gasteiger partial charge in [-0.25, -0.2) is 0 Å². The van der Waals surface area contributed by atoms with Crippen LogP contribution in [0, 0.1) is 5.92 Å². The normalized spacial score (nSPS) is 21.1. The Morgan fingerprint density at radius 1 is 1.18 bits per heavy atom. The summed E-state index contributed by atoms with van der Waals surface area (Å²) in [5.74, 6) is -1.24. The van der Waals surface area contributed by atoms with Gasteiger partial charge in [-0.2, -0.15) is 13.2 Å². The van der Waals surface area contributed by atoms with E-state index in [0.29, 0.717) is 25.9 Å². The minimum absolute atomic E-state index is 0.00268. The fourth-order valence-corrected chi connectivity index (χ4v) is 3.64. The van der Waals surface area contributed by atoms with Crippen molar-refractivity contribution in [2.75, 3.05) is 24.5 Å². The quantitative estimate of drug-likeness (QED) is 0.850. The maximum absolute atomic E-state index is 12.9. The summed E-state index contributed by atoms with van der Waals surface area (Å²) >= 11 is 0. The average Bonchev–Trinajstić information content (AvgIpc) is 3.03. The third-order valence-corrected chi connectivity index (χ3v) is 5.27. The first kappa shape index (κ1) is 20.2. The second kappa shape index (κ2) is 7.81. The van der Waals surface area contributed by atoms with Gasteiger partial charge in [-0.05, 0) is 31.0 Å². The van der Waals surface area contributed by atoms with Crippen molar-refractivity contribution in [2.24, 2.45) is 5.92 Å². The highest BCUT2D eigenvalue weighted by atomic mass is 19.4. The molecule has 0 aromatic heterocycles. The van der Waals surface area contributed by atoms with Gasteiger partial charge in [0.25, 0.3) is 0 Å². The molecule has 9 heteroatoms. The number of hydrogen-bond acceptors (Lipinski definition) is 3. The molecule has 1 aromatic rings. The molecule has 6 nitrogen and oxygen atoms in total. The average molecular weight is 397 g/mol. The van der Waals surface area contributed by atoms with Crippen molar-refractivity contribution in [1.82, 2.24) is 10.2 Å². The molecule has 2 saturated heterocycles. The van der Waals surface area contributed by atoms with Crippen LogP contribution in [0.1, 0.15) is 31.7 Å². The van der Waals surface area contributed by atoms with Gasteiger partial charge in [-0.3, -0.25) is 14.4 Å². The predicted octanol–water partition coefficient (Wildman–Crippen LogP) is 2.19. The lowest BCUT2D eigenvalue weighted by Crippen LogP contribution is -2.47. The maximum atomic E-state index is 12.9. The number of amides is 3. The van der Waals surface area contributed by atoms with Crippen molar-refractivity contribution >= 4 is 23.4 Å². The number of anilines is 1. The summed E-state index contributed by atoms with van der Waals surface area (Å²) in [7, 11) is 0. The van der Waals surface area contributed by atoms with E-state index in [4.69, 9.17) is 0 Å². The molecule has 1 atom stereocenters. The molecule has 0 spiro atoms. The first-order chi connectivity index (χ1) is 13.1. The van der Waals surface area contributed by atoms with Gasteiger partial charge in [0, 0.05) is 44.7 Å². The number of likely N-dealkylation sites (tertiary alicyclic amines) is 1. The van der Waals surface area contributed by atoms with Crippen LogP contribution in [-0.4, -0.2) is 48.3 Å². The standard InChI is InChI=1S/C19H22F3N3O3/c1-12(26)24-7-5-15(6-8-24)23-18(28)13-9-17(27)25(11-13)16-4-2-3-14(10-16)19(20,21)22/h2-4,10,13,15H,5-9,11H2,1H3,(H,23,28). The Kier molecular flexibility index (Phi) is 5.62. The number of nitrogens with zero attached hydrogens (tertiary/aromatic N) is 2. The number of rotatable bonds is 3. The minimum Gasteiger partial charge on any atom is -0.353 e. The largest absolute Gasteiger partial charge is 0.416 e. The summed E-state index contributed by atoms with van der Waals surface area (Å²) in [5, 5.41) is 2.91. The first-order valence-corrected chi connectivity index (χ1v) is 9.18. The summed E-state index contributed by atoms with van der Waals surface area (Å²) in [6, 6.07) is 4.49. The lowest BCUT2D eigenvalue weighted by atomic mass is 10.0. The van der Waals surface area contributed by atoms with E-state index in [1.807, 2.05) is 0 Å². The van der Waals surface area contributed by atoms with Crippen molar-refractivity contribution in [1.29, 1.82) is 0 Å². The molecule has 0 bridgehead atoms. The Hall–Kier alpha value is -2.58. The van der Waals surface area contributed by atoms with Gasteiger partial charge in [0.2, 0.25) is 17.7 Å². The molecule has 2 heterocycles. The summed E-state index contributed by atoms with van der Waals surface area (Å²) in [6.45, 7) is 2.70. The molecule has 0 saturated carbocycles. The maximum Gasteiger partial charge on any atom is 0.416 e. The fraction of sp³-hybridized carbons (Fsp3) is 0.526. The predicted molar refractivity (Wildman–Crippen MR) is 95.3 cm³/mol. The molecule has 0 aliphatic carbocycles. The Balaban J connectivity index is 1.60. The van der Waals surface area contributed by atoms with Gasteiger partial charge < -0.3 is 15.1 Å². The van der Waals surface area contributed by atoms with Gasteiger partial charge in [0.1, 0.15) is 0 Å². The topological polar surface area (TPSA) is 69.7 Å². The van der Waals surface area contributed by atoms with Crippen molar-refractivity contribution in [2.45, 2.75) is 38.4 Å². The van der Waals surface area contributed by atoms with Crippen LogP contribution in [0.4, 0.5) is 18.9 Å². The SMILES string of the molecule is CC(=O)N1CCC(NC(=O)C2CC(=O)N(c3cccc(C(F)(F)F)c3)C2)CC1. The van der Waals surface area contributed by atoms with E-state index in [2.05, 4.69) is 5.32 Å². The molecule has 1 aromatic carbocycles. The summed E-state index contributed by atoms with van der Waals surface area (Å²) in [5.41, 5.74) is -0.687. The fourth-order valence-electron chi connectivity index (χ4n) is 3.64. The number of nitrogens with one attached hydrogen (secondary N) is 1. The first-order valence-electron chi connectivity index (χ1n) is 9.18. The molecule has 2 aliphatic rings. The lowest BCUT2D eigenvalue weighted by Gasteiger charge is -2.32. The second-order valence-electron chi connectivity index (χ2n) is 7.24. The van der Waals surface area contributed by atoms with Gasteiger partial charge >= 0.3 is 6.18 Å². The van der Waals surface area contributed by atoms with E-state index in [1.54, 1.807) is 4.90 Å². The summed E-state index contributed by atoms with van der Waals surface area (Å²) < 4.78 is 38.7. The van der Waals surface area contributed by atoms with Crippen LogP contribution in [0.3, 0.4) is 0 Å². The molecule has 3 amide bonds. The smallest absolute Gasteiger partial charge is 0.353 e. The zero-order valence-corrected chi connectivity index (χ0v) is 15.5. The van der Waals surface area contributed by atoms with E-state index in [1.165, 1.54) is 24.0 Å². The van der Waals surface area contributed by atoms with Crippen LogP contribution < -0.4 is 10.2 Å². The molecule has 1 N–H and O–H groups in total. The molecule has 2 aliphatic heterocycles. The van der Waals surface area contributed by atoms with Crippen molar-refractivity contribution in [3.05, 3.63) is 29.8 Å². The monoisotopic (exact) mass is 397 g/mol. The van der Waals surface area contributed by atoms with E-state index >= 15 is 0 Å². The number of carbonyl (C=O) groups excluding carboxylic acids is 3. The van der Waals surface area contributed by atoms with Crippen molar-refractivity contribution < 1.29 is 27.6 Å². The van der Waals surface area contributed by atoms with E-state index in [9.17, 15) is 27.6 Å². The Labute approximate surface area is 160 Å². The number of carbonyl (C=O) groups is 3. The van der Waals surface area contributed by atoms with E-state index in [0.717, 1.165) is 12.1 Å². The van der Waals surface area contributed by atoms with Crippen molar-refractivity contribution in [3.8, 4) is 0 Å². The van der Waals surface area contributed by atoms with Crippen LogP contribution in [0.2, 0.25) is 0 Å². The molecule has 3 rings (SSSR count). The zero-order valence-electron chi connectivity index (χ0n) is 15.5.